The van der Waals surface area contributed by atoms with Gasteiger partial charge in [-0.2, -0.15) is 0 Å². The Morgan fingerprint density at radius 3 is 3.06 bits per heavy atom. The second kappa shape index (κ2) is 4.40. The van der Waals surface area contributed by atoms with Crippen LogP contribution in [0, 0.1) is 5.92 Å². The number of hydrogen-bond acceptors (Lipinski definition) is 1. The molecule has 1 heterocycles. The summed E-state index contributed by atoms with van der Waals surface area (Å²) in [6.07, 6.45) is 6.40. The summed E-state index contributed by atoms with van der Waals surface area (Å²) >= 11 is 3.80. The maximum absolute atomic E-state index is 5.52. The molecule has 2 aliphatic rings. The molecular weight excluding hydrogens is 264 g/mol. The molecule has 0 amide bonds. The molecule has 0 saturated heterocycles. The highest BCUT2D eigenvalue weighted by atomic mass is 79.9. The zero-order chi connectivity index (χ0) is 11.0. The van der Waals surface area contributed by atoms with Crippen molar-refractivity contribution < 1.29 is 4.74 Å². The normalized spacial score (nSPS) is 20.3. The van der Waals surface area contributed by atoms with E-state index >= 15 is 0 Å². The molecule has 1 aliphatic carbocycles. The third-order valence-electron chi connectivity index (χ3n) is 3.60. The molecule has 1 aliphatic heterocycles. The third-order valence-corrected chi connectivity index (χ3v) is 4.80. The van der Waals surface area contributed by atoms with Gasteiger partial charge in [-0.3, -0.25) is 0 Å². The fourth-order valence-corrected chi connectivity index (χ4v) is 3.15. The summed E-state index contributed by atoms with van der Waals surface area (Å²) < 4.78 is 5.52. The topological polar surface area (TPSA) is 9.23 Å². The predicted octanol–water partition coefficient (Wildman–Crippen LogP) is 3.73. The zero-order valence-corrected chi connectivity index (χ0v) is 11.0. The zero-order valence-electron chi connectivity index (χ0n) is 9.42. The van der Waals surface area contributed by atoms with Gasteiger partial charge < -0.3 is 4.74 Å². The van der Waals surface area contributed by atoms with Crippen molar-refractivity contribution in [3.8, 4) is 5.75 Å². The van der Waals surface area contributed by atoms with Gasteiger partial charge in [0.2, 0.25) is 0 Å². The van der Waals surface area contributed by atoms with Crippen molar-refractivity contribution in [2.24, 2.45) is 5.92 Å². The minimum Gasteiger partial charge on any atom is -0.493 e. The lowest BCUT2D eigenvalue weighted by Gasteiger charge is -2.08. The highest BCUT2D eigenvalue weighted by molar-refractivity contribution is 9.09. The number of halogens is 1. The molecule has 1 atom stereocenters. The third kappa shape index (κ3) is 2.27. The van der Waals surface area contributed by atoms with Crippen LogP contribution in [-0.4, -0.2) is 11.4 Å². The van der Waals surface area contributed by atoms with Gasteiger partial charge in [0.25, 0.3) is 0 Å². The average Bonchev–Trinajstić information content (AvgIpc) is 3.04. The molecule has 86 valence electrons. The molecule has 0 N–H and O–H groups in total. The van der Waals surface area contributed by atoms with Crippen LogP contribution in [-0.2, 0) is 12.8 Å². The van der Waals surface area contributed by atoms with Crippen LogP contribution in [0.5, 0.6) is 5.75 Å². The van der Waals surface area contributed by atoms with Crippen LogP contribution >= 0.6 is 15.9 Å². The maximum Gasteiger partial charge on any atom is 0.122 e. The lowest BCUT2D eigenvalue weighted by atomic mass is 10.0. The van der Waals surface area contributed by atoms with Crippen molar-refractivity contribution in [2.45, 2.75) is 36.9 Å². The average molecular weight is 281 g/mol. The molecule has 0 spiro atoms. The number of fused-ring (bicyclic) bond motifs is 1. The fourth-order valence-electron chi connectivity index (χ4n) is 2.39. The van der Waals surface area contributed by atoms with Crippen LogP contribution < -0.4 is 4.74 Å². The fraction of sp³-hybridized carbons (Fsp3) is 0.571. The summed E-state index contributed by atoms with van der Waals surface area (Å²) in [4.78, 5) is 0.733. The first-order valence-electron chi connectivity index (χ1n) is 6.21. The minimum absolute atomic E-state index is 0.733. The van der Waals surface area contributed by atoms with Crippen molar-refractivity contribution in [3.63, 3.8) is 0 Å². The van der Waals surface area contributed by atoms with Gasteiger partial charge in [0.1, 0.15) is 5.75 Å². The molecule has 1 unspecified atom stereocenters. The number of ether oxygens (including phenoxy) is 1. The first-order chi connectivity index (χ1) is 7.83. The van der Waals surface area contributed by atoms with Gasteiger partial charge in [-0.05, 0) is 48.8 Å². The predicted molar refractivity (Wildman–Crippen MR) is 69.4 cm³/mol. The summed E-state index contributed by atoms with van der Waals surface area (Å²) in [6.45, 7) is 0.863. The second-order valence-electron chi connectivity index (χ2n) is 4.93. The Morgan fingerprint density at radius 2 is 2.25 bits per heavy atom. The van der Waals surface area contributed by atoms with E-state index in [0.29, 0.717) is 0 Å². The number of rotatable bonds is 4. The van der Waals surface area contributed by atoms with Gasteiger partial charge in [-0.15, -0.1) is 0 Å². The van der Waals surface area contributed by atoms with E-state index in [1.54, 1.807) is 0 Å². The Bertz CT molecular complexity index is 384. The highest BCUT2D eigenvalue weighted by Crippen LogP contribution is 2.38. The van der Waals surface area contributed by atoms with E-state index in [-0.39, 0.29) is 0 Å². The summed E-state index contributed by atoms with van der Waals surface area (Å²) in [5.74, 6) is 2.05. The lowest BCUT2D eigenvalue weighted by molar-refractivity contribution is 0.357. The van der Waals surface area contributed by atoms with Crippen LogP contribution in [0.25, 0.3) is 0 Å². The summed E-state index contributed by atoms with van der Waals surface area (Å²) in [7, 11) is 0. The van der Waals surface area contributed by atoms with Crippen molar-refractivity contribution in [3.05, 3.63) is 29.3 Å². The van der Waals surface area contributed by atoms with Gasteiger partial charge in [0.05, 0.1) is 6.61 Å². The molecule has 1 saturated carbocycles. The van der Waals surface area contributed by atoms with E-state index in [9.17, 15) is 0 Å². The molecular formula is C14H17BrO. The first-order valence-corrected chi connectivity index (χ1v) is 7.13. The van der Waals surface area contributed by atoms with E-state index in [2.05, 4.69) is 34.1 Å². The van der Waals surface area contributed by atoms with E-state index in [0.717, 1.165) is 29.5 Å². The van der Waals surface area contributed by atoms with Crippen LogP contribution in [0.15, 0.2) is 18.2 Å². The number of benzene rings is 1. The molecule has 1 aromatic carbocycles. The molecule has 0 aromatic heterocycles. The molecule has 3 rings (SSSR count). The maximum atomic E-state index is 5.52. The van der Waals surface area contributed by atoms with Crippen molar-refractivity contribution in [1.29, 1.82) is 0 Å². The molecule has 1 aromatic rings. The Hall–Kier alpha value is -0.500. The molecule has 16 heavy (non-hydrogen) atoms. The molecule has 1 nitrogen and oxygen atoms in total. The Balaban J connectivity index is 1.61. The Labute approximate surface area is 105 Å². The number of hydrogen-bond donors (Lipinski definition) is 0. The minimum atomic E-state index is 0.733. The first kappa shape index (κ1) is 10.6. The van der Waals surface area contributed by atoms with Crippen LogP contribution in [0.3, 0.4) is 0 Å². The van der Waals surface area contributed by atoms with Crippen molar-refractivity contribution in [1.82, 2.24) is 0 Å². The van der Waals surface area contributed by atoms with E-state index < -0.39 is 0 Å². The van der Waals surface area contributed by atoms with Gasteiger partial charge in [0.15, 0.2) is 0 Å². The van der Waals surface area contributed by atoms with Gasteiger partial charge in [-0.25, -0.2) is 0 Å². The van der Waals surface area contributed by atoms with E-state index in [4.69, 9.17) is 4.74 Å². The Morgan fingerprint density at radius 1 is 1.38 bits per heavy atom. The molecule has 0 bridgehead atoms. The molecule has 0 radical (unpaired) electrons. The monoisotopic (exact) mass is 280 g/mol. The number of aryl methyl sites for hydroxylation is 1. The smallest absolute Gasteiger partial charge is 0.122 e. The quantitative estimate of drug-likeness (QED) is 0.764. The molecule has 1 fully saturated rings. The summed E-state index contributed by atoms with van der Waals surface area (Å²) in [6, 6.07) is 6.68. The van der Waals surface area contributed by atoms with Crippen LogP contribution in [0.4, 0.5) is 0 Å². The van der Waals surface area contributed by atoms with E-state index in [1.165, 1.54) is 36.8 Å². The largest absolute Gasteiger partial charge is 0.493 e. The Kier molecular flexibility index (Phi) is 2.93. The molecule has 2 heteroatoms. The number of alkyl halides is 1. The van der Waals surface area contributed by atoms with Gasteiger partial charge in [-0.1, -0.05) is 28.1 Å². The summed E-state index contributed by atoms with van der Waals surface area (Å²) in [5, 5.41) is 0. The van der Waals surface area contributed by atoms with Crippen LogP contribution in [0.1, 0.15) is 30.4 Å². The highest BCUT2D eigenvalue weighted by Gasteiger charge is 2.28. The van der Waals surface area contributed by atoms with E-state index in [1.807, 2.05) is 0 Å². The van der Waals surface area contributed by atoms with Gasteiger partial charge >= 0.3 is 0 Å². The SMILES string of the molecule is BrC(CCc1ccc2c(c1)CCO2)C1CC1. The van der Waals surface area contributed by atoms with Crippen molar-refractivity contribution in [2.75, 3.05) is 6.61 Å². The van der Waals surface area contributed by atoms with Crippen molar-refractivity contribution >= 4 is 15.9 Å². The summed E-state index contributed by atoms with van der Waals surface area (Å²) in [5.41, 5.74) is 2.87. The standard InChI is InChI=1S/C14H17BrO/c15-13(11-3-4-11)5-1-10-2-6-14-12(9-10)7-8-16-14/h2,6,9,11,13H,1,3-5,7-8H2. The second-order valence-corrected chi connectivity index (χ2v) is 6.11. The van der Waals surface area contributed by atoms with Gasteiger partial charge in [0, 0.05) is 11.2 Å². The lowest BCUT2D eigenvalue weighted by Crippen LogP contribution is -2.02. The van der Waals surface area contributed by atoms with Crippen LogP contribution in [0.2, 0.25) is 0 Å².